The highest BCUT2D eigenvalue weighted by atomic mass is 16.6. The molecule has 1 heterocycles. The number of likely N-dealkylation sites (N-methyl/N-ethyl adjacent to an activating group) is 1. The van der Waals surface area contributed by atoms with Crippen LogP contribution < -0.4 is 4.74 Å². The van der Waals surface area contributed by atoms with Crippen molar-refractivity contribution in [3.05, 3.63) is 33.9 Å². The van der Waals surface area contributed by atoms with E-state index in [4.69, 9.17) is 9.84 Å². The maximum absolute atomic E-state index is 11.7. The van der Waals surface area contributed by atoms with Crippen molar-refractivity contribution in [2.75, 3.05) is 13.6 Å². The molecule has 0 aliphatic carbocycles. The third kappa shape index (κ3) is 2.65. The predicted octanol–water partition coefficient (Wildman–Crippen LogP) is 0.697. The van der Waals surface area contributed by atoms with Crippen LogP contribution in [0.4, 0.5) is 5.69 Å². The first kappa shape index (κ1) is 13.3. The Morgan fingerprint density at radius 2 is 2.32 bits per heavy atom. The molecule has 1 saturated heterocycles. The molecule has 1 atom stereocenters. The van der Waals surface area contributed by atoms with Gasteiger partial charge in [-0.1, -0.05) is 0 Å². The fraction of sp³-hybridized carbons (Fsp3) is 0.417. The van der Waals surface area contributed by atoms with Gasteiger partial charge in [0, 0.05) is 26.1 Å². The van der Waals surface area contributed by atoms with E-state index < -0.39 is 11.0 Å². The molecule has 7 nitrogen and oxygen atoms in total. The SMILES string of the molecule is CN1CCC(Oc2cc(CO)ccc2[N+](=O)[O-])C1=O. The number of hydrogen-bond donors (Lipinski definition) is 1. The van der Waals surface area contributed by atoms with E-state index in [1.54, 1.807) is 7.05 Å². The van der Waals surface area contributed by atoms with Gasteiger partial charge in [-0.25, -0.2) is 0 Å². The van der Waals surface area contributed by atoms with Gasteiger partial charge in [0.25, 0.3) is 5.91 Å². The van der Waals surface area contributed by atoms with Gasteiger partial charge in [0.15, 0.2) is 11.9 Å². The molecular weight excluding hydrogens is 252 g/mol. The lowest BCUT2D eigenvalue weighted by Crippen LogP contribution is -2.29. The number of carbonyl (C=O) groups is 1. The minimum atomic E-state index is -0.697. The molecule has 0 radical (unpaired) electrons. The highest BCUT2D eigenvalue weighted by Crippen LogP contribution is 2.30. The number of hydrogen-bond acceptors (Lipinski definition) is 5. The van der Waals surface area contributed by atoms with Crippen LogP contribution in [-0.2, 0) is 11.4 Å². The quantitative estimate of drug-likeness (QED) is 0.639. The van der Waals surface area contributed by atoms with Gasteiger partial charge in [-0.05, 0) is 17.7 Å². The lowest BCUT2D eigenvalue weighted by atomic mass is 10.2. The topological polar surface area (TPSA) is 92.9 Å². The lowest BCUT2D eigenvalue weighted by Gasteiger charge is -2.13. The molecule has 1 aliphatic rings. The van der Waals surface area contributed by atoms with Gasteiger partial charge in [0.2, 0.25) is 0 Å². The van der Waals surface area contributed by atoms with Crippen molar-refractivity contribution in [2.45, 2.75) is 19.1 Å². The summed E-state index contributed by atoms with van der Waals surface area (Å²) in [4.78, 5) is 23.6. The van der Waals surface area contributed by atoms with E-state index in [1.807, 2.05) is 0 Å². The van der Waals surface area contributed by atoms with Gasteiger partial charge < -0.3 is 14.7 Å². The van der Waals surface area contributed by atoms with Crippen LogP contribution in [0.25, 0.3) is 0 Å². The molecule has 0 spiro atoms. The van der Waals surface area contributed by atoms with Crippen LogP contribution in [-0.4, -0.2) is 40.5 Å². The highest BCUT2D eigenvalue weighted by Gasteiger charge is 2.32. The average Bonchev–Trinajstić information content (AvgIpc) is 2.70. The molecule has 1 amide bonds. The Hall–Kier alpha value is -2.15. The minimum absolute atomic E-state index is 0.0187. The second-order valence-electron chi connectivity index (χ2n) is 4.37. The summed E-state index contributed by atoms with van der Waals surface area (Å²) in [6.45, 7) is 0.323. The highest BCUT2D eigenvalue weighted by molar-refractivity contribution is 5.83. The first-order valence-electron chi connectivity index (χ1n) is 5.82. The van der Waals surface area contributed by atoms with E-state index in [0.29, 0.717) is 18.5 Å². The normalized spacial score (nSPS) is 18.7. The van der Waals surface area contributed by atoms with Gasteiger partial charge in [-0.15, -0.1) is 0 Å². The van der Waals surface area contributed by atoms with Crippen LogP contribution in [0.5, 0.6) is 5.75 Å². The number of benzene rings is 1. The summed E-state index contributed by atoms with van der Waals surface area (Å²) < 4.78 is 5.45. The lowest BCUT2D eigenvalue weighted by molar-refractivity contribution is -0.386. The van der Waals surface area contributed by atoms with E-state index >= 15 is 0 Å². The molecule has 1 aromatic rings. The largest absolute Gasteiger partial charge is 0.473 e. The number of aliphatic hydroxyl groups excluding tert-OH is 1. The number of likely N-dealkylation sites (tertiary alicyclic amines) is 1. The van der Waals surface area contributed by atoms with Gasteiger partial charge >= 0.3 is 5.69 Å². The Kier molecular flexibility index (Phi) is 3.66. The molecule has 1 fully saturated rings. The van der Waals surface area contributed by atoms with Crippen LogP contribution in [0.1, 0.15) is 12.0 Å². The predicted molar refractivity (Wildman–Crippen MR) is 65.7 cm³/mol. The van der Waals surface area contributed by atoms with E-state index in [2.05, 4.69) is 0 Å². The zero-order chi connectivity index (χ0) is 14.0. The van der Waals surface area contributed by atoms with Crippen LogP contribution in [0.2, 0.25) is 0 Å². The van der Waals surface area contributed by atoms with Crippen LogP contribution in [0.15, 0.2) is 18.2 Å². The molecular formula is C12H14N2O5. The van der Waals surface area contributed by atoms with Crippen molar-refractivity contribution in [1.82, 2.24) is 4.90 Å². The fourth-order valence-electron chi connectivity index (χ4n) is 1.96. The summed E-state index contributed by atoms with van der Waals surface area (Å²) >= 11 is 0. The van der Waals surface area contributed by atoms with E-state index in [-0.39, 0.29) is 24.0 Å². The number of rotatable bonds is 4. The Morgan fingerprint density at radius 1 is 1.58 bits per heavy atom. The summed E-state index contributed by atoms with van der Waals surface area (Å²) in [7, 11) is 1.66. The molecule has 1 aromatic carbocycles. The number of amides is 1. The summed E-state index contributed by atoms with van der Waals surface area (Å²) in [5, 5.41) is 20.0. The molecule has 2 rings (SSSR count). The zero-order valence-electron chi connectivity index (χ0n) is 10.4. The molecule has 7 heteroatoms. The third-order valence-electron chi connectivity index (χ3n) is 3.05. The second-order valence-corrected chi connectivity index (χ2v) is 4.37. The summed E-state index contributed by atoms with van der Waals surface area (Å²) in [5.41, 5.74) is 0.291. The fourth-order valence-corrected chi connectivity index (χ4v) is 1.96. The molecule has 0 saturated carbocycles. The number of carbonyl (C=O) groups excluding carboxylic acids is 1. The third-order valence-corrected chi connectivity index (χ3v) is 3.05. The summed E-state index contributed by atoms with van der Waals surface area (Å²) in [6, 6.07) is 4.11. The first-order valence-corrected chi connectivity index (χ1v) is 5.82. The zero-order valence-corrected chi connectivity index (χ0v) is 10.4. The van der Waals surface area contributed by atoms with Crippen LogP contribution in [0.3, 0.4) is 0 Å². The summed E-state index contributed by atoms with van der Waals surface area (Å²) in [6.07, 6.45) is -0.201. The Balaban J connectivity index is 2.27. The maximum Gasteiger partial charge on any atom is 0.310 e. The van der Waals surface area contributed by atoms with Crippen molar-refractivity contribution in [1.29, 1.82) is 0 Å². The second kappa shape index (κ2) is 5.23. The Bertz CT molecular complexity index is 517. The number of ether oxygens (including phenoxy) is 1. The maximum atomic E-state index is 11.7. The molecule has 19 heavy (non-hydrogen) atoms. The standard InChI is InChI=1S/C12H14N2O5/c1-13-5-4-10(12(13)16)19-11-6-8(7-15)2-3-9(11)14(17)18/h2-3,6,10,15H,4-5,7H2,1H3. The van der Waals surface area contributed by atoms with Crippen molar-refractivity contribution in [2.24, 2.45) is 0 Å². The number of nitro groups is 1. The van der Waals surface area contributed by atoms with Gasteiger partial charge in [-0.2, -0.15) is 0 Å². The smallest absolute Gasteiger partial charge is 0.310 e. The van der Waals surface area contributed by atoms with E-state index in [9.17, 15) is 14.9 Å². The Labute approximate surface area is 109 Å². The van der Waals surface area contributed by atoms with Crippen LogP contribution in [0, 0.1) is 10.1 Å². The molecule has 0 aromatic heterocycles. The van der Waals surface area contributed by atoms with Gasteiger partial charge in [0.05, 0.1) is 11.5 Å². The molecule has 1 N–H and O–H groups in total. The minimum Gasteiger partial charge on any atom is -0.473 e. The summed E-state index contributed by atoms with van der Waals surface area (Å²) in [5.74, 6) is -0.172. The average molecular weight is 266 g/mol. The Morgan fingerprint density at radius 3 is 2.84 bits per heavy atom. The molecule has 0 bridgehead atoms. The van der Waals surface area contributed by atoms with Crippen molar-refractivity contribution >= 4 is 11.6 Å². The molecule has 102 valence electrons. The number of aliphatic hydroxyl groups is 1. The van der Waals surface area contributed by atoms with Crippen LogP contribution >= 0.6 is 0 Å². The van der Waals surface area contributed by atoms with Crippen molar-refractivity contribution in [3.63, 3.8) is 0 Å². The molecule has 1 aliphatic heterocycles. The van der Waals surface area contributed by atoms with Crippen molar-refractivity contribution in [3.8, 4) is 5.75 Å². The number of nitro benzene ring substituents is 1. The molecule has 1 unspecified atom stereocenters. The van der Waals surface area contributed by atoms with E-state index in [0.717, 1.165) is 0 Å². The van der Waals surface area contributed by atoms with Crippen molar-refractivity contribution < 1.29 is 19.6 Å². The number of nitrogens with zero attached hydrogens (tertiary/aromatic N) is 2. The van der Waals surface area contributed by atoms with E-state index in [1.165, 1.54) is 23.1 Å². The van der Waals surface area contributed by atoms with Gasteiger partial charge in [0.1, 0.15) is 0 Å². The first-order chi connectivity index (χ1) is 9.02. The van der Waals surface area contributed by atoms with Gasteiger partial charge in [-0.3, -0.25) is 14.9 Å². The monoisotopic (exact) mass is 266 g/mol.